The number of rotatable bonds is 10. The molecule has 0 aliphatic heterocycles. The van der Waals surface area contributed by atoms with Crippen LogP contribution in [0.4, 0.5) is 0 Å². The number of ether oxygens (including phenoxy) is 4. The van der Waals surface area contributed by atoms with E-state index in [1.54, 1.807) is 19.1 Å². The van der Waals surface area contributed by atoms with Crippen LogP contribution in [0.25, 0.3) is 6.08 Å². The average Bonchev–Trinajstić information content (AvgIpc) is 2.72. The van der Waals surface area contributed by atoms with Gasteiger partial charge in [0, 0.05) is 17.2 Å². The molecule has 0 saturated heterocycles. The lowest BCUT2D eigenvalue weighted by molar-refractivity contribution is -0.142. The SMILES string of the molecule is CCOC(=O)/C(=C\c1cc(OCc2ccccc2)cc(OC)c1OC)CC(=O)O. The lowest BCUT2D eigenvalue weighted by atomic mass is 10.1. The minimum absolute atomic E-state index is 0.0140. The van der Waals surface area contributed by atoms with E-state index in [1.807, 2.05) is 30.3 Å². The Hall–Kier alpha value is -3.48. The zero-order chi connectivity index (χ0) is 21.2. The fourth-order valence-electron chi connectivity index (χ4n) is 2.66. The van der Waals surface area contributed by atoms with E-state index in [-0.39, 0.29) is 12.2 Å². The third-order valence-electron chi connectivity index (χ3n) is 3.94. The Morgan fingerprint density at radius 3 is 2.38 bits per heavy atom. The maximum Gasteiger partial charge on any atom is 0.334 e. The van der Waals surface area contributed by atoms with Gasteiger partial charge in [-0.05, 0) is 24.6 Å². The summed E-state index contributed by atoms with van der Waals surface area (Å²) in [6.07, 6.45) is 0.933. The van der Waals surface area contributed by atoms with Gasteiger partial charge in [-0.1, -0.05) is 30.3 Å². The highest BCUT2D eigenvalue weighted by Crippen LogP contribution is 2.37. The molecule has 2 aromatic carbocycles. The predicted molar refractivity (Wildman–Crippen MR) is 107 cm³/mol. The second-order valence-electron chi connectivity index (χ2n) is 5.98. The summed E-state index contributed by atoms with van der Waals surface area (Å²) in [4.78, 5) is 23.4. The summed E-state index contributed by atoms with van der Waals surface area (Å²) in [6, 6.07) is 13.0. The number of aliphatic carboxylic acids is 1. The molecule has 154 valence electrons. The number of hydrogen-bond donors (Lipinski definition) is 1. The molecule has 0 bridgehead atoms. The number of hydrogen-bond acceptors (Lipinski definition) is 6. The van der Waals surface area contributed by atoms with Crippen LogP contribution in [-0.2, 0) is 20.9 Å². The molecule has 7 nitrogen and oxygen atoms in total. The summed E-state index contributed by atoms with van der Waals surface area (Å²) in [6.45, 7) is 2.12. The third kappa shape index (κ3) is 6.27. The van der Waals surface area contributed by atoms with Crippen LogP contribution >= 0.6 is 0 Å². The van der Waals surface area contributed by atoms with Crippen molar-refractivity contribution in [2.45, 2.75) is 20.0 Å². The molecule has 0 amide bonds. The standard InChI is InChI=1S/C22H24O7/c1-4-28-22(25)17(12-20(23)24)10-16-11-18(13-19(26-2)21(16)27-3)29-14-15-8-6-5-7-9-15/h5-11,13H,4,12,14H2,1-3H3,(H,23,24)/b17-10-. The molecule has 0 spiro atoms. The first-order chi connectivity index (χ1) is 14.0. The number of carbonyl (C=O) groups excluding carboxylic acids is 1. The van der Waals surface area contributed by atoms with E-state index >= 15 is 0 Å². The van der Waals surface area contributed by atoms with E-state index in [4.69, 9.17) is 24.1 Å². The topological polar surface area (TPSA) is 91.3 Å². The van der Waals surface area contributed by atoms with Crippen molar-refractivity contribution in [3.05, 3.63) is 59.2 Å². The second kappa shape index (κ2) is 10.8. The van der Waals surface area contributed by atoms with Gasteiger partial charge in [0.15, 0.2) is 11.5 Å². The van der Waals surface area contributed by atoms with E-state index in [1.165, 1.54) is 20.3 Å². The highest BCUT2D eigenvalue weighted by atomic mass is 16.5. The fourth-order valence-corrected chi connectivity index (χ4v) is 2.66. The van der Waals surface area contributed by atoms with Crippen molar-refractivity contribution in [1.82, 2.24) is 0 Å². The van der Waals surface area contributed by atoms with Crippen molar-refractivity contribution >= 4 is 18.0 Å². The summed E-state index contributed by atoms with van der Waals surface area (Å²) >= 11 is 0. The van der Waals surface area contributed by atoms with E-state index in [2.05, 4.69) is 0 Å². The number of carbonyl (C=O) groups is 2. The van der Waals surface area contributed by atoms with Gasteiger partial charge in [0.25, 0.3) is 0 Å². The van der Waals surface area contributed by atoms with Crippen molar-refractivity contribution in [3.63, 3.8) is 0 Å². The summed E-state index contributed by atoms with van der Waals surface area (Å²) in [7, 11) is 2.94. The molecule has 7 heteroatoms. The molecule has 0 aromatic heterocycles. The van der Waals surface area contributed by atoms with Crippen molar-refractivity contribution in [3.8, 4) is 17.2 Å². The number of carboxylic acids is 1. The quantitative estimate of drug-likeness (QED) is 0.480. The van der Waals surface area contributed by atoms with Gasteiger partial charge in [-0.15, -0.1) is 0 Å². The molecule has 2 aromatic rings. The van der Waals surface area contributed by atoms with Crippen LogP contribution in [0.2, 0.25) is 0 Å². The molecule has 0 atom stereocenters. The van der Waals surface area contributed by atoms with Crippen molar-refractivity contribution in [2.24, 2.45) is 0 Å². The van der Waals surface area contributed by atoms with Gasteiger partial charge >= 0.3 is 11.9 Å². The molecule has 0 heterocycles. The number of methoxy groups -OCH3 is 2. The molecule has 0 aliphatic rings. The molecular formula is C22H24O7. The zero-order valence-electron chi connectivity index (χ0n) is 16.6. The first-order valence-electron chi connectivity index (χ1n) is 9.00. The molecule has 0 radical (unpaired) electrons. The van der Waals surface area contributed by atoms with Crippen molar-refractivity contribution < 1.29 is 33.6 Å². The Balaban J connectivity index is 2.43. The second-order valence-corrected chi connectivity index (χ2v) is 5.98. The van der Waals surface area contributed by atoms with E-state index in [0.29, 0.717) is 29.4 Å². The number of carboxylic acid groups (broad SMARTS) is 1. The Labute approximate surface area is 169 Å². The van der Waals surface area contributed by atoms with Crippen molar-refractivity contribution in [2.75, 3.05) is 20.8 Å². The van der Waals surface area contributed by atoms with Gasteiger partial charge in [0.05, 0.1) is 27.2 Å². The average molecular weight is 400 g/mol. The van der Waals surface area contributed by atoms with Crippen LogP contribution in [0.1, 0.15) is 24.5 Å². The minimum Gasteiger partial charge on any atom is -0.493 e. The smallest absolute Gasteiger partial charge is 0.334 e. The Morgan fingerprint density at radius 1 is 1.07 bits per heavy atom. The lowest BCUT2D eigenvalue weighted by Gasteiger charge is -2.15. The minimum atomic E-state index is -1.15. The molecule has 2 rings (SSSR count). The van der Waals surface area contributed by atoms with Gasteiger partial charge in [0.2, 0.25) is 0 Å². The molecule has 0 aliphatic carbocycles. The normalized spacial score (nSPS) is 10.9. The molecule has 0 fully saturated rings. The highest BCUT2D eigenvalue weighted by Gasteiger charge is 2.18. The van der Waals surface area contributed by atoms with Crippen molar-refractivity contribution in [1.29, 1.82) is 0 Å². The fraction of sp³-hybridized carbons (Fsp3) is 0.273. The molecule has 0 saturated carbocycles. The molecule has 1 N–H and O–H groups in total. The third-order valence-corrected chi connectivity index (χ3v) is 3.94. The molecule has 29 heavy (non-hydrogen) atoms. The maximum absolute atomic E-state index is 12.2. The van der Waals surface area contributed by atoms with Gasteiger partial charge in [-0.3, -0.25) is 4.79 Å². The van der Waals surface area contributed by atoms with Gasteiger partial charge in [-0.2, -0.15) is 0 Å². The van der Waals surface area contributed by atoms with Crippen LogP contribution < -0.4 is 14.2 Å². The predicted octanol–water partition coefficient (Wildman–Crippen LogP) is 3.70. The summed E-state index contributed by atoms with van der Waals surface area (Å²) in [5, 5.41) is 9.14. The first kappa shape index (κ1) is 21.8. The van der Waals surface area contributed by atoms with E-state index in [9.17, 15) is 9.59 Å². The Morgan fingerprint density at radius 2 is 1.79 bits per heavy atom. The van der Waals surface area contributed by atoms with E-state index < -0.39 is 18.4 Å². The summed E-state index contributed by atoms with van der Waals surface area (Å²) < 4.78 is 21.6. The summed E-state index contributed by atoms with van der Waals surface area (Å²) in [5.74, 6) is -0.621. The lowest BCUT2D eigenvalue weighted by Crippen LogP contribution is -2.11. The highest BCUT2D eigenvalue weighted by molar-refractivity contribution is 5.98. The zero-order valence-corrected chi connectivity index (χ0v) is 16.6. The first-order valence-corrected chi connectivity index (χ1v) is 9.00. The van der Waals surface area contributed by atoms with E-state index in [0.717, 1.165) is 5.56 Å². The van der Waals surface area contributed by atoms with Crippen LogP contribution in [0.5, 0.6) is 17.2 Å². The molecular weight excluding hydrogens is 376 g/mol. The monoisotopic (exact) mass is 400 g/mol. The van der Waals surface area contributed by atoms with Crippen LogP contribution in [-0.4, -0.2) is 37.9 Å². The maximum atomic E-state index is 12.2. The number of esters is 1. The Bertz CT molecular complexity index is 872. The van der Waals surface area contributed by atoms with Gasteiger partial charge in [-0.25, -0.2) is 4.79 Å². The van der Waals surface area contributed by atoms with Gasteiger partial charge in [0.1, 0.15) is 12.4 Å². The van der Waals surface area contributed by atoms with Crippen LogP contribution in [0, 0.1) is 0 Å². The van der Waals surface area contributed by atoms with Gasteiger partial charge < -0.3 is 24.1 Å². The van der Waals surface area contributed by atoms with Crippen LogP contribution in [0.3, 0.4) is 0 Å². The molecule has 0 unspecified atom stereocenters. The van der Waals surface area contributed by atoms with Crippen LogP contribution in [0.15, 0.2) is 48.0 Å². The largest absolute Gasteiger partial charge is 0.493 e. The number of benzene rings is 2. The summed E-state index contributed by atoms with van der Waals surface area (Å²) in [5.41, 5.74) is 1.41. The Kier molecular flexibility index (Phi) is 8.09.